The summed E-state index contributed by atoms with van der Waals surface area (Å²) >= 11 is 1.82. The zero-order valence-electron chi connectivity index (χ0n) is 11.2. The Morgan fingerprint density at radius 2 is 2.17 bits per heavy atom. The maximum Gasteiger partial charge on any atom is 0.326 e. The zero-order valence-corrected chi connectivity index (χ0v) is 12.0. The standard InChI is InChI=1S/C12H22N2O3S/c1-8(2)6-10(11(15)16)13-12(17)14-4-5-18-7-9(14)3/h8-10H,4-7H2,1-3H3,(H,13,17)(H,15,16)/t9?,10-/m1/s1. The van der Waals surface area contributed by atoms with Crippen LogP contribution in [0, 0.1) is 5.92 Å². The van der Waals surface area contributed by atoms with Crippen molar-refractivity contribution in [2.45, 2.75) is 39.3 Å². The molecule has 0 aromatic heterocycles. The smallest absolute Gasteiger partial charge is 0.326 e. The van der Waals surface area contributed by atoms with Gasteiger partial charge in [0.25, 0.3) is 0 Å². The number of thioether (sulfide) groups is 1. The van der Waals surface area contributed by atoms with Crippen molar-refractivity contribution in [1.82, 2.24) is 10.2 Å². The molecule has 1 fully saturated rings. The number of rotatable bonds is 4. The number of urea groups is 1. The molecule has 1 aliphatic heterocycles. The van der Waals surface area contributed by atoms with Crippen molar-refractivity contribution in [3.63, 3.8) is 0 Å². The van der Waals surface area contributed by atoms with E-state index >= 15 is 0 Å². The van der Waals surface area contributed by atoms with Gasteiger partial charge in [-0.3, -0.25) is 0 Å². The summed E-state index contributed by atoms with van der Waals surface area (Å²) < 4.78 is 0. The molecule has 104 valence electrons. The molecule has 2 amide bonds. The van der Waals surface area contributed by atoms with Crippen molar-refractivity contribution in [1.29, 1.82) is 0 Å². The molecule has 2 atom stereocenters. The largest absolute Gasteiger partial charge is 0.480 e. The Hall–Kier alpha value is -0.910. The lowest BCUT2D eigenvalue weighted by molar-refractivity contribution is -0.139. The Morgan fingerprint density at radius 1 is 1.50 bits per heavy atom. The summed E-state index contributed by atoms with van der Waals surface area (Å²) in [6.45, 7) is 6.57. The average molecular weight is 274 g/mol. The van der Waals surface area contributed by atoms with Crippen LogP contribution in [0.1, 0.15) is 27.2 Å². The molecule has 1 rings (SSSR count). The number of nitrogens with one attached hydrogen (secondary N) is 1. The highest BCUT2D eigenvalue weighted by Crippen LogP contribution is 2.16. The van der Waals surface area contributed by atoms with Gasteiger partial charge >= 0.3 is 12.0 Å². The predicted molar refractivity (Wildman–Crippen MR) is 72.9 cm³/mol. The number of hydrogen-bond acceptors (Lipinski definition) is 3. The van der Waals surface area contributed by atoms with Gasteiger partial charge in [0.15, 0.2) is 0 Å². The fourth-order valence-corrected chi connectivity index (χ4v) is 2.97. The third-order valence-electron chi connectivity index (χ3n) is 2.93. The van der Waals surface area contributed by atoms with Crippen molar-refractivity contribution in [2.24, 2.45) is 5.92 Å². The van der Waals surface area contributed by atoms with Crippen molar-refractivity contribution in [3.8, 4) is 0 Å². The van der Waals surface area contributed by atoms with E-state index in [1.807, 2.05) is 32.5 Å². The van der Waals surface area contributed by atoms with Crippen LogP contribution in [0.15, 0.2) is 0 Å². The van der Waals surface area contributed by atoms with Gasteiger partial charge in [-0.25, -0.2) is 9.59 Å². The van der Waals surface area contributed by atoms with Crippen LogP contribution in [0.4, 0.5) is 4.79 Å². The van der Waals surface area contributed by atoms with E-state index < -0.39 is 12.0 Å². The molecule has 0 radical (unpaired) electrons. The van der Waals surface area contributed by atoms with Crippen LogP contribution in [-0.2, 0) is 4.79 Å². The minimum atomic E-state index is -0.962. The Morgan fingerprint density at radius 3 is 2.67 bits per heavy atom. The van der Waals surface area contributed by atoms with Crippen LogP contribution in [0.3, 0.4) is 0 Å². The van der Waals surface area contributed by atoms with Crippen molar-refractivity contribution >= 4 is 23.8 Å². The first-order chi connectivity index (χ1) is 8.41. The number of carboxylic acids is 1. The van der Waals surface area contributed by atoms with Crippen LogP contribution >= 0.6 is 11.8 Å². The summed E-state index contributed by atoms with van der Waals surface area (Å²) in [7, 11) is 0. The third kappa shape index (κ3) is 4.40. The number of carbonyl (C=O) groups is 2. The Balaban J connectivity index is 2.57. The minimum Gasteiger partial charge on any atom is -0.480 e. The maximum absolute atomic E-state index is 12.0. The first kappa shape index (κ1) is 15.1. The van der Waals surface area contributed by atoms with E-state index in [0.29, 0.717) is 13.0 Å². The molecule has 5 nitrogen and oxygen atoms in total. The molecule has 0 saturated carbocycles. The molecule has 2 N–H and O–H groups in total. The van der Waals surface area contributed by atoms with Gasteiger partial charge in [0.05, 0.1) is 0 Å². The average Bonchev–Trinajstić information content (AvgIpc) is 2.27. The monoisotopic (exact) mass is 274 g/mol. The lowest BCUT2D eigenvalue weighted by Gasteiger charge is -2.34. The van der Waals surface area contributed by atoms with Crippen molar-refractivity contribution < 1.29 is 14.7 Å². The number of carbonyl (C=O) groups excluding carboxylic acids is 1. The number of carboxylic acid groups (broad SMARTS) is 1. The van der Waals surface area contributed by atoms with E-state index in [9.17, 15) is 9.59 Å². The highest BCUT2D eigenvalue weighted by Gasteiger charge is 2.27. The number of amides is 2. The summed E-state index contributed by atoms with van der Waals surface area (Å²) in [5.41, 5.74) is 0. The van der Waals surface area contributed by atoms with E-state index in [2.05, 4.69) is 5.32 Å². The first-order valence-electron chi connectivity index (χ1n) is 6.29. The molecular weight excluding hydrogens is 252 g/mol. The van der Waals surface area contributed by atoms with E-state index in [-0.39, 0.29) is 18.0 Å². The van der Waals surface area contributed by atoms with Crippen LogP contribution in [-0.4, -0.2) is 52.1 Å². The summed E-state index contributed by atoms with van der Waals surface area (Å²) in [6, 6.07) is -0.882. The van der Waals surface area contributed by atoms with Crippen molar-refractivity contribution in [2.75, 3.05) is 18.1 Å². The van der Waals surface area contributed by atoms with Gasteiger partial charge in [-0.05, 0) is 19.3 Å². The van der Waals surface area contributed by atoms with E-state index in [0.717, 1.165) is 11.5 Å². The van der Waals surface area contributed by atoms with Gasteiger partial charge < -0.3 is 15.3 Å². The Kier molecular flexibility index (Phi) is 5.78. The summed E-state index contributed by atoms with van der Waals surface area (Å²) in [5.74, 6) is 1.10. The molecule has 1 aliphatic rings. The highest BCUT2D eigenvalue weighted by molar-refractivity contribution is 7.99. The zero-order chi connectivity index (χ0) is 13.7. The third-order valence-corrected chi connectivity index (χ3v) is 4.12. The van der Waals surface area contributed by atoms with Crippen LogP contribution in [0.25, 0.3) is 0 Å². The molecule has 18 heavy (non-hydrogen) atoms. The lowest BCUT2D eigenvalue weighted by atomic mass is 10.0. The number of hydrogen-bond donors (Lipinski definition) is 2. The quantitative estimate of drug-likeness (QED) is 0.817. The van der Waals surface area contributed by atoms with Crippen LogP contribution < -0.4 is 5.32 Å². The van der Waals surface area contributed by atoms with E-state index in [1.165, 1.54) is 0 Å². The second-order valence-corrected chi connectivity index (χ2v) is 6.24. The SMILES string of the molecule is CC(C)C[C@@H](NC(=O)N1CCSCC1C)C(=O)O. The normalized spacial score (nSPS) is 21.8. The van der Waals surface area contributed by atoms with Crippen LogP contribution in [0.2, 0.25) is 0 Å². The van der Waals surface area contributed by atoms with Gasteiger partial charge in [0.1, 0.15) is 6.04 Å². The summed E-state index contributed by atoms with van der Waals surface area (Å²) in [4.78, 5) is 24.9. The molecule has 0 spiro atoms. The molecule has 0 aromatic rings. The Labute approximate surface area is 112 Å². The number of aliphatic carboxylic acids is 1. The highest BCUT2D eigenvalue weighted by atomic mass is 32.2. The second kappa shape index (κ2) is 6.87. The van der Waals surface area contributed by atoms with Gasteiger partial charge in [-0.15, -0.1) is 0 Å². The molecule has 6 heteroatoms. The topological polar surface area (TPSA) is 69.6 Å². The lowest BCUT2D eigenvalue weighted by Crippen LogP contribution is -2.53. The fraction of sp³-hybridized carbons (Fsp3) is 0.833. The molecule has 0 bridgehead atoms. The van der Waals surface area contributed by atoms with Gasteiger partial charge in [0, 0.05) is 24.1 Å². The summed E-state index contributed by atoms with van der Waals surface area (Å²) in [5, 5.41) is 11.7. The molecule has 1 heterocycles. The molecule has 0 aromatic carbocycles. The van der Waals surface area contributed by atoms with Gasteiger partial charge in [-0.1, -0.05) is 13.8 Å². The first-order valence-corrected chi connectivity index (χ1v) is 7.45. The van der Waals surface area contributed by atoms with Crippen LogP contribution in [0.5, 0.6) is 0 Å². The molecular formula is C12H22N2O3S. The Bertz CT molecular complexity index is 310. The van der Waals surface area contributed by atoms with E-state index in [4.69, 9.17) is 5.11 Å². The number of nitrogens with zero attached hydrogens (tertiary/aromatic N) is 1. The molecule has 1 saturated heterocycles. The second-order valence-electron chi connectivity index (χ2n) is 5.09. The minimum absolute atomic E-state index is 0.164. The molecule has 0 aliphatic carbocycles. The van der Waals surface area contributed by atoms with Gasteiger partial charge in [0.2, 0.25) is 0 Å². The molecule has 1 unspecified atom stereocenters. The van der Waals surface area contributed by atoms with Crippen molar-refractivity contribution in [3.05, 3.63) is 0 Å². The predicted octanol–water partition coefficient (Wildman–Crippen LogP) is 1.63. The van der Waals surface area contributed by atoms with E-state index in [1.54, 1.807) is 4.90 Å². The summed E-state index contributed by atoms with van der Waals surface area (Å²) in [6.07, 6.45) is 0.456. The fourth-order valence-electron chi connectivity index (χ4n) is 1.95. The maximum atomic E-state index is 12.0. The van der Waals surface area contributed by atoms with Gasteiger partial charge in [-0.2, -0.15) is 11.8 Å².